The summed E-state index contributed by atoms with van der Waals surface area (Å²) in [6.45, 7) is 0. The Balaban J connectivity index is 2.41. The Kier molecular flexibility index (Phi) is 2.78. The van der Waals surface area contributed by atoms with Crippen molar-refractivity contribution in [2.24, 2.45) is 0 Å². The van der Waals surface area contributed by atoms with Crippen LogP contribution < -0.4 is 4.74 Å². The molecule has 1 heterocycles. The average Bonchev–Trinajstić information content (AvgIpc) is 2.28. The lowest BCUT2D eigenvalue weighted by atomic mass is 10.0. The maximum atomic E-state index is 11.7. The lowest BCUT2D eigenvalue weighted by molar-refractivity contribution is -0.384. The monoisotopic (exact) mass is 241 g/mol. The first-order valence-corrected chi connectivity index (χ1v) is 5.19. The van der Waals surface area contributed by atoms with Crippen molar-refractivity contribution in [2.75, 3.05) is 5.88 Å². The maximum Gasteiger partial charge on any atom is 0.270 e. The molecule has 0 radical (unpaired) electrons. The summed E-state index contributed by atoms with van der Waals surface area (Å²) in [5, 5.41) is 10.5. The molecule has 6 heteroatoms. The fraction of sp³-hybridized carbons (Fsp3) is 0.300. The predicted octanol–water partition coefficient (Wildman–Crippen LogP) is 2.17. The van der Waals surface area contributed by atoms with Crippen molar-refractivity contribution in [1.29, 1.82) is 0 Å². The molecule has 0 spiro atoms. The summed E-state index contributed by atoms with van der Waals surface area (Å²) in [5.41, 5.74) is 0.149. The average molecular weight is 242 g/mol. The zero-order valence-corrected chi connectivity index (χ0v) is 8.94. The van der Waals surface area contributed by atoms with Crippen molar-refractivity contribution in [3.8, 4) is 5.75 Å². The largest absolute Gasteiger partial charge is 0.488 e. The van der Waals surface area contributed by atoms with Gasteiger partial charge < -0.3 is 4.74 Å². The number of nitro benzene ring substituents is 1. The number of halogens is 1. The molecule has 2 rings (SSSR count). The van der Waals surface area contributed by atoms with Crippen LogP contribution >= 0.6 is 11.6 Å². The van der Waals surface area contributed by atoms with Crippen LogP contribution in [0.3, 0.4) is 0 Å². The molecule has 0 bridgehead atoms. The Morgan fingerprint density at radius 3 is 2.94 bits per heavy atom. The van der Waals surface area contributed by atoms with Gasteiger partial charge in [-0.25, -0.2) is 0 Å². The van der Waals surface area contributed by atoms with Crippen LogP contribution in [0.4, 0.5) is 5.69 Å². The topological polar surface area (TPSA) is 69.4 Å². The van der Waals surface area contributed by atoms with Gasteiger partial charge in [-0.05, 0) is 6.07 Å². The number of hydrogen-bond donors (Lipinski definition) is 0. The van der Waals surface area contributed by atoms with Gasteiger partial charge in [0.1, 0.15) is 11.9 Å². The van der Waals surface area contributed by atoms with Gasteiger partial charge in [-0.1, -0.05) is 0 Å². The van der Waals surface area contributed by atoms with Gasteiger partial charge in [-0.2, -0.15) is 0 Å². The Morgan fingerprint density at radius 2 is 2.31 bits per heavy atom. The number of hydrogen-bond acceptors (Lipinski definition) is 4. The first kappa shape index (κ1) is 10.9. The van der Waals surface area contributed by atoms with Gasteiger partial charge in [0.2, 0.25) is 0 Å². The number of nitrogens with zero attached hydrogens (tertiary/aromatic N) is 1. The lowest BCUT2D eigenvalue weighted by Crippen LogP contribution is -2.28. The van der Waals surface area contributed by atoms with Gasteiger partial charge in [0.05, 0.1) is 16.4 Å². The molecule has 1 aliphatic rings. The summed E-state index contributed by atoms with van der Waals surface area (Å²) in [7, 11) is 0. The van der Waals surface area contributed by atoms with Crippen molar-refractivity contribution in [1.82, 2.24) is 0 Å². The van der Waals surface area contributed by atoms with E-state index in [1.807, 2.05) is 0 Å². The van der Waals surface area contributed by atoms with E-state index in [0.29, 0.717) is 5.75 Å². The van der Waals surface area contributed by atoms with Crippen LogP contribution in [0, 0.1) is 10.1 Å². The molecule has 1 aromatic carbocycles. The Hall–Kier alpha value is -1.62. The Labute approximate surface area is 96.1 Å². The summed E-state index contributed by atoms with van der Waals surface area (Å²) in [6.07, 6.45) is -0.180. The van der Waals surface area contributed by atoms with Crippen LogP contribution in [0.15, 0.2) is 18.2 Å². The van der Waals surface area contributed by atoms with E-state index in [4.69, 9.17) is 16.3 Å². The van der Waals surface area contributed by atoms with Gasteiger partial charge in [-0.3, -0.25) is 14.9 Å². The molecule has 5 nitrogen and oxygen atoms in total. The van der Waals surface area contributed by atoms with Crippen LogP contribution in [0.2, 0.25) is 0 Å². The van der Waals surface area contributed by atoms with E-state index < -0.39 is 4.92 Å². The van der Waals surface area contributed by atoms with E-state index in [-0.39, 0.29) is 35.4 Å². The van der Waals surface area contributed by atoms with Crippen LogP contribution in [-0.4, -0.2) is 22.7 Å². The van der Waals surface area contributed by atoms with E-state index in [9.17, 15) is 14.9 Å². The minimum Gasteiger partial charge on any atom is -0.488 e. The number of rotatable bonds is 2. The molecule has 0 amide bonds. The second-order valence-corrected chi connectivity index (χ2v) is 3.77. The second kappa shape index (κ2) is 4.09. The zero-order chi connectivity index (χ0) is 11.7. The van der Waals surface area contributed by atoms with Crippen molar-refractivity contribution < 1.29 is 14.5 Å². The third kappa shape index (κ3) is 1.86. The Morgan fingerprint density at radius 1 is 1.56 bits per heavy atom. The maximum absolute atomic E-state index is 11.7. The number of carbonyl (C=O) groups excluding carboxylic acids is 1. The minimum absolute atomic E-state index is 0.111. The van der Waals surface area contributed by atoms with E-state index in [1.54, 1.807) is 0 Å². The molecule has 16 heavy (non-hydrogen) atoms. The van der Waals surface area contributed by atoms with Crippen LogP contribution in [-0.2, 0) is 0 Å². The summed E-state index contributed by atoms with van der Waals surface area (Å²) in [6, 6.07) is 3.98. The van der Waals surface area contributed by atoms with E-state index in [0.717, 1.165) is 0 Å². The number of ether oxygens (including phenoxy) is 1. The van der Waals surface area contributed by atoms with Crippen LogP contribution in [0.5, 0.6) is 5.75 Å². The molecule has 1 atom stereocenters. The molecule has 0 aliphatic carbocycles. The standard InChI is InChI=1S/C10H8ClNO4/c11-5-7-4-9(13)8-3-6(12(14)15)1-2-10(8)16-7/h1-3,7H,4-5H2/t7-/m0/s1. The summed E-state index contributed by atoms with van der Waals surface area (Å²) >= 11 is 5.61. The third-order valence-electron chi connectivity index (χ3n) is 2.35. The zero-order valence-electron chi connectivity index (χ0n) is 8.18. The highest BCUT2D eigenvalue weighted by atomic mass is 35.5. The number of nitro groups is 1. The van der Waals surface area contributed by atoms with Crippen molar-refractivity contribution in [3.05, 3.63) is 33.9 Å². The molecule has 0 fully saturated rings. The van der Waals surface area contributed by atoms with Crippen LogP contribution in [0.25, 0.3) is 0 Å². The van der Waals surface area contributed by atoms with Gasteiger partial charge in [0.15, 0.2) is 5.78 Å². The van der Waals surface area contributed by atoms with Gasteiger partial charge in [0.25, 0.3) is 5.69 Å². The number of benzene rings is 1. The molecule has 0 saturated heterocycles. The highest BCUT2D eigenvalue weighted by Gasteiger charge is 2.27. The molecule has 0 unspecified atom stereocenters. The SMILES string of the molecule is O=C1C[C@@H](CCl)Oc2ccc([N+](=O)[O-])cc21. The number of carbonyl (C=O) groups is 1. The first-order valence-electron chi connectivity index (χ1n) is 4.66. The molecule has 84 valence electrons. The van der Waals surface area contributed by atoms with E-state index in [2.05, 4.69) is 0 Å². The molecule has 1 aliphatic heterocycles. The van der Waals surface area contributed by atoms with Crippen molar-refractivity contribution in [3.63, 3.8) is 0 Å². The van der Waals surface area contributed by atoms with Gasteiger partial charge >= 0.3 is 0 Å². The van der Waals surface area contributed by atoms with Crippen molar-refractivity contribution >= 4 is 23.1 Å². The first-order chi connectivity index (χ1) is 7.61. The predicted molar refractivity (Wildman–Crippen MR) is 57.2 cm³/mol. The minimum atomic E-state index is -0.540. The molecular formula is C10H8ClNO4. The molecule has 1 aromatic rings. The summed E-state index contributed by atoms with van der Waals surface area (Å²) in [4.78, 5) is 21.7. The fourth-order valence-electron chi connectivity index (χ4n) is 1.58. The third-order valence-corrected chi connectivity index (χ3v) is 2.70. The fourth-order valence-corrected chi connectivity index (χ4v) is 1.75. The van der Waals surface area contributed by atoms with Crippen molar-refractivity contribution in [2.45, 2.75) is 12.5 Å². The number of Topliss-reactive ketones (excluding diaryl/α,β-unsaturated/α-hetero) is 1. The smallest absolute Gasteiger partial charge is 0.270 e. The molecule has 0 saturated carbocycles. The number of alkyl halides is 1. The molecule has 0 N–H and O–H groups in total. The Bertz CT molecular complexity index is 460. The normalized spacial score (nSPS) is 18.8. The van der Waals surface area contributed by atoms with Gasteiger partial charge in [0, 0.05) is 18.6 Å². The van der Waals surface area contributed by atoms with E-state index >= 15 is 0 Å². The highest BCUT2D eigenvalue weighted by molar-refractivity contribution is 6.18. The second-order valence-electron chi connectivity index (χ2n) is 3.46. The lowest BCUT2D eigenvalue weighted by Gasteiger charge is -2.23. The van der Waals surface area contributed by atoms with Gasteiger partial charge in [-0.15, -0.1) is 11.6 Å². The highest BCUT2D eigenvalue weighted by Crippen LogP contribution is 2.30. The molecule has 0 aromatic heterocycles. The summed E-state index contributed by atoms with van der Waals surface area (Å²) < 4.78 is 5.41. The quantitative estimate of drug-likeness (QED) is 0.452. The number of fused-ring (bicyclic) bond motifs is 1. The van der Waals surface area contributed by atoms with E-state index in [1.165, 1.54) is 18.2 Å². The number of non-ortho nitro benzene ring substituents is 1. The number of ketones is 1. The summed E-state index contributed by atoms with van der Waals surface area (Å²) in [5.74, 6) is 0.422. The molecular weight excluding hydrogens is 234 g/mol. The van der Waals surface area contributed by atoms with Crippen LogP contribution in [0.1, 0.15) is 16.8 Å².